The Bertz CT molecular complexity index is 7260. The highest BCUT2D eigenvalue weighted by Crippen LogP contribution is 2.45. The quantitative estimate of drug-likeness (QED) is 0.123. The summed E-state index contributed by atoms with van der Waals surface area (Å²) in [6, 6.07) is 146. The molecule has 0 fully saturated rings. The maximum atomic E-state index is 2.46. The van der Waals surface area contributed by atoms with Gasteiger partial charge in [0.15, 0.2) is 0 Å². The number of benzene rings is 17. The van der Waals surface area contributed by atoms with Crippen LogP contribution in [0.25, 0.3) is 204 Å². The average molecular weight is 1360 g/mol. The summed E-state index contributed by atoms with van der Waals surface area (Å²) >= 11 is 0. The van der Waals surface area contributed by atoms with Gasteiger partial charge in [-0.25, -0.2) is 0 Å². The van der Waals surface area contributed by atoms with Crippen LogP contribution in [0.1, 0.15) is 0 Å². The second kappa shape index (κ2) is 24.2. The first-order valence-corrected chi connectivity index (χ1v) is 36.9. The summed E-state index contributed by atoms with van der Waals surface area (Å²) in [5.74, 6) is 0. The van der Waals surface area contributed by atoms with E-state index in [-0.39, 0.29) is 0 Å². The minimum atomic E-state index is 1.12. The molecule has 17 aromatic carbocycles. The maximum absolute atomic E-state index is 2.46. The zero-order valence-electron chi connectivity index (χ0n) is 58.3. The summed E-state index contributed by atoms with van der Waals surface area (Å²) in [7, 11) is 0. The maximum Gasteiger partial charge on any atom is 0.0547 e. The van der Waals surface area contributed by atoms with Crippen LogP contribution in [0.2, 0.25) is 0 Å². The predicted octanol–water partition coefficient (Wildman–Crippen LogP) is 27.2. The summed E-state index contributed by atoms with van der Waals surface area (Å²) in [6.45, 7) is 0. The molecule has 107 heavy (non-hydrogen) atoms. The monoisotopic (exact) mass is 1360 g/mol. The van der Waals surface area contributed by atoms with Crippen LogP contribution in [0.5, 0.6) is 0 Å². The largest absolute Gasteiger partial charge is 0.309 e. The smallest absolute Gasteiger partial charge is 0.0547 e. The van der Waals surface area contributed by atoms with Crippen molar-refractivity contribution >= 4 is 109 Å². The van der Waals surface area contributed by atoms with Gasteiger partial charge in [-0.3, -0.25) is 0 Å². The van der Waals surface area contributed by atoms with Gasteiger partial charge in [0.05, 0.1) is 55.2 Å². The lowest BCUT2D eigenvalue weighted by Gasteiger charge is -2.14. The second-order valence-electron chi connectivity index (χ2n) is 28.4. The van der Waals surface area contributed by atoms with E-state index >= 15 is 0 Å². The van der Waals surface area contributed by atoms with Crippen molar-refractivity contribution < 1.29 is 0 Å². The van der Waals surface area contributed by atoms with Crippen LogP contribution in [0.4, 0.5) is 0 Å². The van der Waals surface area contributed by atoms with E-state index in [1.165, 1.54) is 143 Å². The Hall–Kier alpha value is -14.3. The number of para-hydroxylation sites is 6. The molecule has 0 aliphatic rings. The highest BCUT2D eigenvalue weighted by atomic mass is 15.0. The zero-order valence-corrected chi connectivity index (χ0v) is 58.3. The Labute approximate surface area is 617 Å². The third kappa shape index (κ3) is 9.72. The fraction of sp³-hybridized carbons (Fsp3) is 0. The molecule has 0 unspecified atom stereocenters. The van der Waals surface area contributed by atoms with E-state index in [2.05, 4.69) is 417 Å². The Kier molecular flexibility index (Phi) is 13.6. The SMILES string of the molecule is c1ccc(-c2cc(-c3ccccc3)cc(-n3c4ccccc4c4cc(-c5ccc6c(c5)c5cc(-c7ccc8c9cc(-c%10ccc%11c(c%10)c%10cc(-c%12ccc%13c(c%12)c%12ccccc%12n%13-c%12ccccc%12)ccc%10n%11-c%10ccccc%10)ccc9n(-c9ccccc9)c8c7)ccc5n6-c5ccccc5)ccc43)c2)cc1. The van der Waals surface area contributed by atoms with E-state index in [4.69, 9.17) is 0 Å². The number of hydrogen-bond acceptors (Lipinski definition) is 0. The first-order chi connectivity index (χ1) is 53.0. The average Bonchev–Trinajstić information content (AvgIpc) is 1.57. The number of rotatable bonds is 11. The molecule has 0 aliphatic heterocycles. The lowest BCUT2D eigenvalue weighted by atomic mass is 9.97. The molecule has 498 valence electrons. The summed E-state index contributed by atoms with van der Waals surface area (Å²) in [5.41, 5.74) is 31.5. The van der Waals surface area contributed by atoms with Gasteiger partial charge in [0, 0.05) is 82.3 Å². The number of nitrogens with zero attached hydrogens (tertiary/aromatic N) is 5. The van der Waals surface area contributed by atoms with E-state index in [1.54, 1.807) is 0 Å². The van der Waals surface area contributed by atoms with Gasteiger partial charge in [0.25, 0.3) is 0 Å². The van der Waals surface area contributed by atoms with Crippen molar-refractivity contribution in [3.63, 3.8) is 0 Å². The van der Waals surface area contributed by atoms with Gasteiger partial charge in [0.2, 0.25) is 0 Å². The normalized spacial score (nSPS) is 11.9. The van der Waals surface area contributed by atoms with Crippen molar-refractivity contribution in [3.05, 3.63) is 394 Å². The highest BCUT2D eigenvalue weighted by molar-refractivity contribution is 6.17. The van der Waals surface area contributed by atoms with Gasteiger partial charge in [-0.2, -0.15) is 0 Å². The Balaban J connectivity index is 0.663. The molecule has 0 bridgehead atoms. The van der Waals surface area contributed by atoms with Gasteiger partial charge in [0.1, 0.15) is 0 Å². The van der Waals surface area contributed by atoms with Crippen molar-refractivity contribution in [1.29, 1.82) is 0 Å². The molecular weight excluding hydrogens is 1300 g/mol. The van der Waals surface area contributed by atoms with Gasteiger partial charge in [-0.15, -0.1) is 0 Å². The summed E-state index contributed by atoms with van der Waals surface area (Å²) < 4.78 is 12.2. The first-order valence-electron chi connectivity index (χ1n) is 36.9. The third-order valence-corrected chi connectivity index (χ3v) is 22.4. The van der Waals surface area contributed by atoms with Crippen LogP contribution >= 0.6 is 0 Å². The molecule has 0 N–H and O–H groups in total. The lowest BCUT2D eigenvalue weighted by molar-refractivity contribution is 1.18. The van der Waals surface area contributed by atoms with E-state index in [0.29, 0.717) is 0 Å². The molecule has 0 saturated carbocycles. The molecule has 0 atom stereocenters. The molecule has 5 heterocycles. The Morgan fingerprint density at radius 3 is 0.626 bits per heavy atom. The van der Waals surface area contributed by atoms with Crippen molar-refractivity contribution in [3.8, 4) is 95.2 Å². The Morgan fingerprint density at radius 1 is 0.103 bits per heavy atom. The fourth-order valence-electron chi connectivity index (χ4n) is 17.5. The molecule has 5 nitrogen and oxygen atoms in total. The minimum Gasteiger partial charge on any atom is -0.309 e. The molecule has 0 saturated heterocycles. The van der Waals surface area contributed by atoms with Crippen molar-refractivity contribution in [1.82, 2.24) is 22.8 Å². The predicted molar refractivity (Wildman–Crippen MR) is 451 cm³/mol. The molecule has 0 spiro atoms. The van der Waals surface area contributed by atoms with E-state index < -0.39 is 0 Å². The standard InChI is InChI=1S/C102H65N5/c1-7-23-66(24-8-1)76-55-77(67-25-9-2-10-26-67)57-82(56-76)107-94-38-22-20-36-84(94)87-59-69(42-50-97(87)107)72-44-52-100-91(62-72)92-64-74(46-54-101(92)105(100)80-31-15-5-16-32-80)75-39-47-85-88-60-70(41-49-96(88)106(102(85)65-75)81-33-17-6-18-34-81)73-45-53-99-90(63-73)89-61-71(43-51-98(89)104(99)79-29-13-4-14-30-79)68-40-48-95-86(58-68)83-35-19-21-37-93(83)103(95)78-27-11-3-12-28-78/h1-65H. The molecule has 0 radical (unpaired) electrons. The topological polar surface area (TPSA) is 24.6 Å². The van der Waals surface area contributed by atoms with Crippen molar-refractivity contribution in [2.45, 2.75) is 0 Å². The Morgan fingerprint density at radius 2 is 0.318 bits per heavy atom. The van der Waals surface area contributed by atoms with Crippen LogP contribution in [-0.2, 0) is 0 Å². The van der Waals surface area contributed by atoms with E-state index in [1.807, 2.05) is 0 Å². The second-order valence-corrected chi connectivity index (χ2v) is 28.4. The lowest BCUT2D eigenvalue weighted by Crippen LogP contribution is -1.96. The van der Waals surface area contributed by atoms with Gasteiger partial charge in [-0.1, -0.05) is 224 Å². The zero-order chi connectivity index (χ0) is 70.2. The van der Waals surface area contributed by atoms with Crippen LogP contribution in [0, 0.1) is 0 Å². The molecular formula is C102H65N5. The van der Waals surface area contributed by atoms with Gasteiger partial charge >= 0.3 is 0 Å². The van der Waals surface area contributed by atoms with Crippen molar-refractivity contribution in [2.24, 2.45) is 0 Å². The molecule has 22 rings (SSSR count). The molecule has 5 aromatic heterocycles. The van der Waals surface area contributed by atoms with Gasteiger partial charge in [-0.05, 0) is 237 Å². The summed E-state index contributed by atoms with van der Waals surface area (Å²) in [5, 5.41) is 12.2. The number of hydrogen-bond donors (Lipinski definition) is 0. The first kappa shape index (κ1) is 60.3. The molecule has 0 amide bonds. The van der Waals surface area contributed by atoms with Crippen LogP contribution in [-0.4, -0.2) is 22.8 Å². The van der Waals surface area contributed by atoms with E-state index in [9.17, 15) is 0 Å². The fourth-order valence-corrected chi connectivity index (χ4v) is 17.5. The van der Waals surface area contributed by atoms with Crippen LogP contribution < -0.4 is 0 Å². The van der Waals surface area contributed by atoms with Crippen molar-refractivity contribution in [2.75, 3.05) is 0 Å². The summed E-state index contributed by atoms with van der Waals surface area (Å²) in [6.07, 6.45) is 0. The molecule has 22 aromatic rings. The summed E-state index contributed by atoms with van der Waals surface area (Å²) in [4.78, 5) is 0. The molecule has 5 heteroatoms. The number of aromatic nitrogens is 5. The molecule has 0 aliphatic carbocycles. The highest BCUT2D eigenvalue weighted by Gasteiger charge is 2.23. The minimum absolute atomic E-state index is 1.12. The third-order valence-electron chi connectivity index (χ3n) is 22.4. The number of fused-ring (bicyclic) bond motifs is 15. The van der Waals surface area contributed by atoms with Crippen LogP contribution in [0.3, 0.4) is 0 Å². The van der Waals surface area contributed by atoms with E-state index in [0.717, 1.165) is 61.6 Å². The van der Waals surface area contributed by atoms with Crippen LogP contribution in [0.15, 0.2) is 394 Å². The van der Waals surface area contributed by atoms with Gasteiger partial charge < -0.3 is 22.8 Å².